The fourth-order valence-corrected chi connectivity index (χ4v) is 2.77. The Morgan fingerprint density at radius 1 is 1.23 bits per heavy atom. The smallest absolute Gasteiger partial charge is 0.407 e. The summed E-state index contributed by atoms with van der Waals surface area (Å²) in [7, 11) is 0. The van der Waals surface area contributed by atoms with Gasteiger partial charge in [-0.2, -0.15) is 0 Å². The number of hydrogen-bond donors (Lipinski definition) is 3. The van der Waals surface area contributed by atoms with E-state index in [1.807, 2.05) is 12.2 Å². The SMILES string of the molecule is CC(C)(C)OC(=O)NCCC(=O)Nc1ccc(Oc2ccnc3c2C=CCN3)c(F)c1. The van der Waals surface area contributed by atoms with Crippen LogP contribution in [-0.4, -0.2) is 35.7 Å². The van der Waals surface area contributed by atoms with Crippen molar-refractivity contribution < 1.29 is 23.5 Å². The lowest BCUT2D eigenvalue weighted by Crippen LogP contribution is -2.34. The summed E-state index contributed by atoms with van der Waals surface area (Å²) in [5, 5.41) is 8.20. The summed E-state index contributed by atoms with van der Waals surface area (Å²) in [5.41, 5.74) is 0.407. The molecule has 0 saturated heterocycles. The molecule has 0 atom stereocenters. The number of ether oxygens (including phenoxy) is 2. The molecule has 3 N–H and O–H groups in total. The minimum Gasteiger partial charge on any atom is -0.453 e. The van der Waals surface area contributed by atoms with Crippen LogP contribution in [0.25, 0.3) is 6.08 Å². The number of hydrogen-bond acceptors (Lipinski definition) is 6. The Labute approximate surface area is 179 Å². The Kier molecular flexibility index (Phi) is 6.74. The maximum atomic E-state index is 14.5. The summed E-state index contributed by atoms with van der Waals surface area (Å²) >= 11 is 0. The Bertz CT molecular complexity index is 1000. The van der Waals surface area contributed by atoms with Crippen molar-refractivity contribution in [3.8, 4) is 11.5 Å². The molecule has 1 aliphatic heterocycles. The molecule has 3 rings (SSSR count). The highest BCUT2D eigenvalue weighted by Crippen LogP contribution is 2.33. The van der Waals surface area contributed by atoms with Gasteiger partial charge in [0.05, 0.1) is 5.56 Å². The molecular formula is C22H25FN4O4. The number of pyridine rings is 1. The van der Waals surface area contributed by atoms with Gasteiger partial charge in [0.25, 0.3) is 0 Å². The van der Waals surface area contributed by atoms with Crippen molar-refractivity contribution in [2.45, 2.75) is 32.8 Å². The number of alkyl carbamates (subject to hydrolysis) is 1. The molecular weight excluding hydrogens is 403 g/mol. The van der Waals surface area contributed by atoms with Crippen LogP contribution >= 0.6 is 0 Å². The zero-order valence-electron chi connectivity index (χ0n) is 17.6. The van der Waals surface area contributed by atoms with Gasteiger partial charge in [-0.1, -0.05) is 6.08 Å². The Morgan fingerprint density at radius 2 is 2.03 bits per heavy atom. The number of aromatic nitrogens is 1. The van der Waals surface area contributed by atoms with Crippen LogP contribution in [0.4, 0.5) is 20.7 Å². The molecule has 0 unspecified atom stereocenters. The standard InChI is InChI=1S/C22H25FN4O4/c1-22(2,3)31-21(29)26-12-9-19(28)27-14-6-7-18(16(23)13-14)30-17-8-11-25-20-15(17)5-4-10-24-20/h4-8,11,13H,9-10,12H2,1-3H3,(H,24,25)(H,26,29)(H,27,28). The number of anilines is 2. The van der Waals surface area contributed by atoms with Crippen molar-refractivity contribution in [3.63, 3.8) is 0 Å². The second-order valence-corrected chi connectivity index (χ2v) is 7.83. The van der Waals surface area contributed by atoms with Gasteiger partial charge in [-0.3, -0.25) is 4.79 Å². The fourth-order valence-electron chi connectivity index (χ4n) is 2.77. The largest absolute Gasteiger partial charge is 0.453 e. The third-order valence-electron chi connectivity index (χ3n) is 4.08. The molecule has 0 spiro atoms. The van der Waals surface area contributed by atoms with E-state index in [1.54, 1.807) is 39.1 Å². The number of nitrogens with one attached hydrogen (secondary N) is 3. The summed E-state index contributed by atoms with van der Waals surface area (Å²) in [6.45, 7) is 6.01. The maximum absolute atomic E-state index is 14.5. The third kappa shape index (κ3) is 6.43. The van der Waals surface area contributed by atoms with Crippen molar-refractivity contribution in [1.82, 2.24) is 10.3 Å². The topological polar surface area (TPSA) is 102 Å². The first-order chi connectivity index (χ1) is 14.7. The highest BCUT2D eigenvalue weighted by Gasteiger charge is 2.17. The van der Waals surface area contributed by atoms with Crippen LogP contribution in [0, 0.1) is 5.82 Å². The molecule has 31 heavy (non-hydrogen) atoms. The number of benzene rings is 1. The number of carbonyl (C=O) groups excluding carboxylic acids is 2. The lowest BCUT2D eigenvalue weighted by Gasteiger charge is -2.19. The fraction of sp³-hybridized carbons (Fsp3) is 0.318. The van der Waals surface area contributed by atoms with Crippen LogP contribution in [0.15, 0.2) is 36.5 Å². The van der Waals surface area contributed by atoms with E-state index < -0.39 is 17.5 Å². The van der Waals surface area contributed by atoms with Gasteiger partial charge in [0.2, 0.25) is 5.91 Å². The first-order valence-electron chi connectivity index (χ1n) is 9.85. The number of nitrogens with zero attached hydrogens (tertiary/aromatic N) is 1. The summed E-state index contributed by atoms with van der Waals surface area (Å²) < 4.78 is 25.3. The number of halogens is 1. The van der Waals surface area contributed by atoms with E-state index >= 15 is 0 Å². The molecule has 2 aromatic rings. The van der Waals surface area contributed by atoms with Crippen molar-refractivity contribution in [2.24, 2.45) is 0 Å². The first-order valence-corrected chi connectivity index (χ1v) is 9.85. The van der Waals surface area contributed by atoms with E-state index in [1.165, 1.54) is 12.1 Å². The summed E-state index contributed by atoms with van der Waals surface area (Å²) in [4.78, 5) is 27.9. The van der Waals surface area contributed by atoms with Gasteiger partial charge in [-0.15, -0.1) is 0 Å². The van der Waals surface area contributed by atoms with Gasteiger partial charge in [-0.25, -0.2) is 14.2 Å². The normalized spacial score (nSPS) is 12.4. The quantitative estimate of drug-likeness (QED) is 0.634. The zero-order chi connectivity index (χ0) is 22.4. The highest BCUT2D eigenvalue weighted by molar-refractivity contribution is 5.91. The molecule has 1 aromatic heterocycles. The molecule has 0 fully saturated rings. The average molecular weight is 428 g/mol. The van der Waals surface area contributed by atoms with Crippen LogP contribution in [0.2, 0.25) is 0 Å². The second kappa shape index (κ2) is 9.46. The molecule has 2 amide bonds. The number of rotatable bonds is 6. The Morgan fingerprint density at radius 3 is 2.77 bits per heavy atom. The van der Waals surface area contributed by atoms with Crippen LogP contribution in [0.5, 0.6) is 11.5 Å². The first kappa shape index (κ1) is 22.1. The van der Waals surface area contributed by atoms with Crippen molar-refractivity contribution in [2.75, 3.05) is 23.7 Å². The van der Waals surface area contributed by atoms with Gasteiger partial charge in [0.15, 0.2) is 11.6 Å². The second-order valence-electron chi connectivity index (χ2n) is 7.83. The van der Waals surface area contributed by atoms with Gasteiger partial charge < -0.3 is 25.4 Å². The number of carbonyl (C=O) groups is 2. The van der Waals surface area contributed by atoms with E-state index in [4.69, 9.17) is 9.47 Å². The average Bonchev–Trinajstić information content (AvgIpc) is 2.69. The molecule has 0 aliphatic carbocycles. The van der Waals surface area contributed by atoms with E-state index in [-0.39, 0.29) is 30.3 Å². The van der Waals surface area contributed by atoms with Crippen molar-refractivity contribution in [3.05, 3.63) is 47.9 Å². The van der Waals surface area contributed by atoms with Gasteiger partial charge in [0, 0.05) is 37.5 Å². The highest BCUT2D eigenvalue weighted by atomic mass is 19.1. The molecule has 0 saturated carbocycles. The zero-order valence-corrected chi connectivity index (χ0v) is 17.6. The van der Waals surface area contributed by atoms with E-state index in [0.29, 0.717) is 18.1 Å². The summed E-state index contributed by atoms with van der Waals surface area (Å²) in [5.74, 6) is 0.171. The van der Waals surface area contributed by atoms with Crippen molar-refractivity contribution in [1.29, 1.82) is 0 Å². The van der Waals surface area contributed by atoms with E-state index in [9.17, 15) is 14.0 Å². The van der Waals surface area contributed by atoms with Crippen molar-refractivity contribution >= 4 is 29.6 Å². The summed E-state index contributed by atoms with van der Waals surface area (Å²) in [6, 6.07) is 5.81. The Balaban J connectivity index is 1.55. The van der Waals surface area contributed by atoms with Crippen LogP contribution in [0.3, 0.4) is 0 Å². The lowest BCUT2D eigenvalue weighted by molar-refractivity contribution is -0.116. The van der Waals surface area contributed by atoms with E-state index in [0.717, 1.165) is 5.56 Å². The van der Waals surface area contributed by atoms with Gasteiger partial charge in [0.1, 0.15) is 17.2 Å². The minimum atomic E-state index is -0.622. The molecule has 0 bridgehead atoms. The van der Waals surface area contributed by atoms with Crippen LogP contribution in [-0.2, 0) is 9.53 Å². The van der Waals surface area contributed by atoms with E-state index in [2.05, 4.69) is 20.9 Å². The summed E-state index contributed by atoms with van der Waals surface area (Å²) in [6.07, 6.45) is 4.78. The molecule has 8 nitrogen and oxygen atoms in total. The monoisotopic (exact) mass is 428 g/mol. The lowest BCUT2D eigenvalue weighted by atomic mass is 10.1. The molecule has 0 radical (unpaired) electrons. The Hall–Kier alpha value is -3.62. The predicted octanol–water partition coefficient (Wildman–Crippen LogP) is 4.31. The third-order valence-corrected chi connectivity index (χ3v) is 4.08. The predicted molar refractivity (Wildman–Crippen MR) is 116 cm³/mol. The molecule has 164 valence electrons. The molecule has 1 aromatic carbocycles. The minimum absolute atomic E-state index is 0.0155. The maximum Gasteiger partial charge on any atom is 0.407 e. The van der Waals surface area contributed by atoms with Crippen LogP contribution < -0.4 is 20.7 Å². The number of amides is 2. The molecule has 2 heterocycles. The number of fused-ring (bicyclic) bond motifs is 1. The van der Waals surface area contributed by atoms with Gasteiger partial charge in [-0.05, 0) is 45.0 Å². The van der Waals surface area contributed by atoms with Crippen LogP contribution in [0.1, 0.15) is 32.8 Å². The van der Waals surface area contributed by atoms with Gasteiger partial charge >= 0.3 is 6.09 Å². The molecule has 9 heteroatoms. The molecule has 1 aliphatic rings.